The zero-order valence-electron chi connectivity index (χ0n) is 15.9. The third kappa shape index (κ3) is 3.95. The van der Waals surface area contributed by atoms with E-state index in [-0.39, 0.29) is 12.5 Å². The van der Waals surface area contributed by atoms with E-state index in [1.54, 1.807) is 0 Å². The Balaban J connectivity index is 1.46. The van der Waals surface area contributed by atoms with E-state index in [2.05, 4.69) is 16.0 Å². The van der Waals surface area contributed by atoms with E-state index in [9.17, 15) is 18.4 Å². The first kappa shape index (κ1) is 19.4. The summed E-state index contributed by atoms with van der Waals surface area (Å²) in [7, 11) is 0. The minimum absolute atomic E-state index is 0.0435. The minimum Gasteiger partial charge on any atom is -0.345 e. The average molecular weight is 399 g/mol. The molecular weight excluding hydrogens is 376 g/mol. The van der Waals surface area contributed by atoms with Gasteiger partial charge in [0.25, 0.3) is 0 Å². The van der Waals surface area contributed by atoms with Crippen LogP contribution in [-0.2, 0) is 16.8 Å². The van der Waals surface area contributed by atoms with Gasteiger partial charge in [-0.3, -0.25) is 4.79 Å². The molecule has 4 rings (SSSR count). The van der Waals surface area contributed by atoms with E-state index < -0.39 is 29.2 Å². The van der Waals surface area contributed by atoms with Crippen LogP contribution in [0.2, 0.25) is 0 Å². The molecule has 0 bridgehead atoms. The van der Waals surface area contributed by atoms with Crippen molar-refractivity contribution in [1.29, 1.82) is 0 Å². The van der Waals surface area contributed by atoms with Crippen LogP contribution in [0.4, 0.5) is 13.6 Å². The summed E-state index contributed by atoms with van der Waals surface area (Å²) >= 11 is 0. The molecule has 1 heterocycles. The van der Waals surface area contributed by atoms with E-state index in [1.807, 2.05) is 30.3 Å². The number of hydrogen-bond donors (Lipinski definition) is 3. The Bertz CT molecular complexity index is 935. The third-order valence-corrected chi connectivity index (χ3v) is 5.82. The second kappa shape index (κ2) is 7.81. The van der Waals surface area contributed by atoms with Crippen molar-refractivity contribution in [2.45, 2.75) is 43.7 Å². The third-order valence-electron chi connectivity index (χ3n) is 5.82. The van der Waals surface area contributed by atoms with Crippen molar-refractivity contribution in [2.24, 2.45) is 0 Å². The maximum Gasteiger partial charge on any atom is 0.315 e. The first-order valence-corrected chi connectivity index (χ1v) is 9.85. The Labute approximate surface area is 167 Å². The highest BCUT2D eigenvalue weighted by Crippen LogP contribution is 2.34. The van der Waals surface area contributed by atoms with E-state index in [0.29, 0.717) is 36.8 Å². The molecule has 7 heteroatoms. The maximum atomic E-state index is 13.9. The highest BCUT2D eigenvalue weighted by molar-refractivity contribution is 5.79. The lowest BCUT2D eigenvalue weighted by Gasteiger charge is -2.38. The van der Waals surface area contributed by atoms with E-state index in [1.165, 1.54) is 6.07 Å². The standard InChI is InChI=1S/C22H23F2N3O2/c23-15-11-17-16(18(24)12-15)8-9-19(17)26-21(29)25-13-22(10-4-7-20(28)27-22)14-5-2-1-3-6-14/h1-3,5-6,11-12,19H,4,7-10,13H2,(H,27,28)(H2,25,26,29). The molecule has 0 radical (unpaired) electrons. The summed E-state index contributed by atoms with van der Waals surface area (Å²) in [6.07, 6.45) is 2.89. The van der Waals surface area contributed by atoms with Gasteiger partial charge in [0.05, 0.1) is 11.6 Å². The van der Waals surface area contributed by atoms with Crippen molar-refractivity contribution in [3.05, 3.63) is 70.8 Å². The van der Waals surface area contributed by atoms with Gasteiger partial charge < -0.3 is 16.0 Å². The average Bonchev–Trinajstić information content (AvgIpc) is 3.10. The predicted molar refractivity (Wildman–Crippen MR) is 104 cm³/mol. The minimum atomic E-state index is -0.667. The number of carbonyl (C=O) groups is 2. The van der Waals surface area contributed by atoms with Crippen molar-refractivity contribution in [1.82, 2.24) is 16.0 Å². The fourth-order valence-corrected chi connectivity index (χ4v) is 4.38. The first-order valence-electron chi connectivity index (χ1n) is 9.85. The molecule has 2 aliphatic rings. The molecule has 1 aliphatic carbocycles. The number of urea groups is 1. The fourth-order valence-electron chi connectivity index (χ4n) is 4.38. The largest absolute Gasteiger partial charge is 0.345 e. The number of carbonyl (C=O) groups excluding carboxylic acids is 2. The number of halogens is 2. The maximum absolute atomic E-state index is 13.9. The summed E-state index contributed by atoms with van der Waals surface area (Å²) in [5.74, 6) is -1.26. The molecule has 29 heavy (non-hydrogen) atoms. The summed E-state index contributed by atoms with van der Waals surface area (Å²) in [4.78, 5) is 24.6. The van der Waals surface area contributed by atoms with Crippen LogP contribution in [0.15, 0.2) is 42.5 Å². The molecule has 5 nitrogen and oxygen atoms in total. The molecule has 2 aromatic carbocycles. The van der Waals surface area contributed by atoms with Crippen molar-refractivity contribution in [3.8, 4) is 0 Å². The van der Waals surface area contributed by atoms with Gasteiger partial charge in [-0.15, -0.1) is 0 Å². The smallest absolute Gasteiger partial charge is 0.315 e. The zero-order chi connectivity index (χ0) is 20.4. The second-order valence-corrected chi connectivity index (χ2v) is 7.72. The van der Waals surface area contributed by atoms with Crippen LogP contribution in [0.5, 0.6) is 0 Å². The Morgan fingerprint density at radius 3 is 2.72 bits per heavy atom. The summed E-state index contributed by atoms with van der Waals surface area (Å²) in [6.45, 7) is 0.228. The van der Waals surface area contributed by atoms with Gasteiger partial charge in [-0.25, -0.2) is 13.6 Å². The first-order chi connectivity index (χ1) is 14.0. The second-order valence-electron chi connectivity index (χ2n) is 7.72. The number of hydrogen-bond acceptors (Lipinski definition) is 2. The summed E-state index contributed by atoms with van der Waals surface area (Å²) in [5.41, 5.74) is 1.21. The normalized spacial score (nSPS) is 23.2. The lowest BCUT2D eigenvalue weighted by Crippen LogP contribution is -2.56. The van der Waals surface area contributed by atoms with Crippen LogP contribution >= 0.6 is 0 Å². The van der Waals surface area contributed by atoms with Gasteiger partial charge in [0.2, 0.25) is 5.91 Å². The topological polar surface area (TPSA) is 70.2 Å². The van der Waals surface area contributed by atoms with Crippen molar-refractivity contribution >= 4 is 11.9 Å². The van der Waals surface area contributed by atoms with Crippen molar-refractivity contribution in [3.63, 3.8) is 0 Å². The molecule has 3 N–H and O–H groups in total. The van der Waals surface area contributed by atoms with E-state index in [4.69, 9.17) is 0 Å². The van der Waals surface area contributed by atoms with Gasteiger partial charge in [-0.05, 0) is 48.4 Å². The highest BCUT2D eigenvalue weighted by atomic mass is 19.1. The van der Waals surface area contributed by atoms with E-state index in [0.717, 1.165) is 18.1 Å². The molecule has 2 unspecified atom stereocenters. The van der Waals surface area contributed by atoms with Crippen LogP contribution in [0.25, 0.3) is 0 Å². The molecule has 0 spiro atoms. The quantitative estimate of drug-likeness (QED) is 0.737. The number of fused-ring (bicyclic) bond motifs is 1. The number of piperidine rings is 1. The monoisotopic (exact) mass is 399 g/mol. The summed E-state index contributed by atoms with van der Waals surface area (Å²) in [5, 5.41) is 8.70. The number of amides is 3. The van der Waals surface area contributed by atoms with Crippen LogP contribution in [0, 0.1) is 11.6 Å². The molecule has 1 fully saturated rings. The van der Waals surface area contributed by atoms with Gasteiger partial charge >= 0.3 is 6.03 Å². The Kier molecular flexibility index (Phi) is 5.22. The predicted octanol–water partition coefficient (Wildman–Crippen LogP) is 3.45. The van der Waals surface area contributed by atoms with Gasteiger partial charge in [0.1, 0.15) is 11.6 Å². The molecule has 1 saturated heterocycles. The molecule has 0 aromatic heterocycles. The van der Waals surface area contributed by atoms with Gasteiger partial charge in [0.15, 0.2) is 0 Å². The van der Waals surface area contributed by atoms with Crippen LogP contribution < -0.4 is 16.0 Å². The number of nitrogens with one attached hydrogen (secondary N) is 3. The van der Waals surface area contributed by atoms with Crippen LogP contribution in [0.3, 0.4) is 0 Å². The Morgan fingerprint density at radius 1 is 1.17 bits per heavy atom. The molecule has 1 aliphatic heterocycles. The molecule has 152 valence electrons. The lowest BCUT2D eigenvalue weighted by molar-refractivity contribution is -0.125. The molecule has 0 saturated carbocycles. The van der Waals surface area contributed by atoms with Crippen molar-refractivity contribution in [2.75, 3.05) is 6.54 Å². The summed E-state index contributed by atoms with van der Waals surface area (Å²) in [6, 6.07) is 10.9. The van der Waals surface area contributed by atoms with E-state index >= 15 is 0 Å². The number of benzene rings is 2. The molecule has 3 amide bonds. The van der Waals surface area contributed by atoms with Crippen LogP contribution in [0.1, 0.15) is 48.4 Å². The Hall–Kier alpha value is -2.96. The fraction of sp³-hybridized carbons (Fsp3) is 0.364. The SMILES string of the molecule is O=C1CCCC(CNC(=O)NC2CCc3c(F)cc(F)cc32)(c2ccccc2)N1. The van der Waals surface area contributed by atoms with Gasteiger partial charge in [0, 0.05) is 19.0 Å². The van der Waals surface area contributed by atoms with Crippen LogP contribution in [-0.4, -0.2) is 18.5 Å². The summed E-state index contributed by atoms with van der Waals surface area (Å²) < 4.78 is 27.5. The van der Waals surface area contributed by atoms with Crippen molar-refractivity contribution < 1.29 is 18.4 Å². The molecule has 2 aromatic rings. The molecule has 2 atom stereocenters. The number of rotatable bonds is 4. The lowest BCUT2D eigenvalue weighted by atomic mass is 9.82. The van der Waals surface area contributed by atoms with Gasteiger partial charge in [-0.2, -0.15) is 0 Å². The Morgan fingerprint density at radius 2 is 1.97 bits per heavy atom. The van der Waals surface area contributed by atoms with Gasteiger partial charge in [-0.1, -0.05) is 30.3 Å². The zero-order valence-corrected chi connectivity index (χ0v) is 15.9. The highest BCUT2D eigenvalue weighted by Gasteiger charge is 2.37. The molecular formula is C22H23F2N3O2.